The fourth-order valence-corrected chi connectivity index (χ4v) is 2.14. The van der Waals surface area contributed by atoms with E-state index in [-0.39, 0.29) is 29.4 Å². The van der Waals surface area contributed by atoms with Crippen molar-refractivity contribution in [2.75, 3.05) is 18.4 Å². The van der Waals surface area contributed by atoms with Crippen molar-refractivity contribution in [1.29, 1.82) is 0 Å². The van der Waals surface area contributed by atoms with Gasteiger partial charge in [-0.05, 0) is 17.9 Å². The molecule has 0 aromatic carbocycles. The SMILES string of the molecule is CCCNC(=O)CCNC(=O)Nc1sccc1C(=O)O. The number of rotatable bonds is 7. The second-order valence-electron chi connectivity index (χ2n) is 3.95. The molecule has 0 saturated carbocycles. The zero-order valence-corrected chi connectivity index (χ0v) is 11.9. The van der Waals surface area contributed by atoms with Gasteiger partial charge in [-0.3, -0.25) is 10.1 Å². The van der Waals surface area contributed by atoms with Crippen molar-refractivity contribution in [2.45, 2.75) is 19.8 Å². The summed E-state index contributed by atoms with van der Waals surface area (Å²) in [5, 5.41) is 18.4. The third-order valence-electron chi connectivity index (χ3n) is 2.33. The largest absolute Gasteiger partial charge is 0.478 e. The molecule has 0 fully saturated rings. The average Bonchev–Trinajstić information content (AvgIpc) is 2.84. The van der Waals surface area contributed by atoms with Crippen molar-refractivity contribution in [1.82, 2.24) is 10.6 Å². The molecule has 1 rings (SSSR count). The number of nitrogens with one attached hydrogen (secondary N) is 3. The maximum atomic E-state index is 11.5. The summed E-state index contributed by atoms with van der Waals surface area (Å²) in [7, 11) is 0. The number of urea groups is 1. The Hall–Kier alpha value is -2.09. The normalized spacial score (nSPS) is 9.85. The van der Waals surface area contributed by atoms with E-state index in [4.69, 9.17) is 5.11 Å². The number of thiophene rings is 1. The zero-order valence-electron chi connectivity index (χ0n) is 11.1. The van der Waals surface area contributed by atoms with Gasteiger partial charge in [0.1, 0.15) is 5.00 Å². The summed E-state index contributed by atoms with van der Waals surface area (Å²) in [6.45, 7) is 2.75. The van der Waals surface area contributed by atoms with E-state index in [1.54, 1.807) is 5.38 Å². The lowest BCUT2D eigenvalue weighted by atomic mass is 10.3. The van der Waals surface area contributed by atoms with Gasteiger partial charge in [-0.2, -0.15) is 0 Å². The molecule has 0 aliphatic rings. The van der Waals surface area contributed by atoms with E-state index in [1.165, 1.54) is 6.07 Å². The van der Waals surface area contributed by atoms with Crippen molar-refractivity contribution in [3.63, 3.8) is 0 Å². The van der Waals surface area contributed by atoms with E-state index in [0.29, 0.717) is 6.54 Å². The fraction of sp³-hybridized carbons (Fsp3) is 0.417. The number of amides is 3. The number of hydrogen-bond acceptors (Lipinski definition) is 4. The molecule has 1 aromatic heterocycles. The van der Waals surface area contributed by atoms with Crippen LogP contribution in [0.3, 0.4) is 0 Å². The highest BCUT2D eigenvalue weighted by atomic mass is 32.1. The lowest BCUT2D eigenvalue weighted by Crippen LogP contribution is -2.33. The van der Waals surface area contributed by atoms with Gasteiger partial charge >= 0.3 is 12.0 Å². The summed E-state index contributed by atoms with van der Waals surface area (Å²) < 4.78 is 0. The molecule has 1 heterocycles. The Kier molecular flexibility index (Phi) is 6.51. The van der Waals surface area contributed by atoms with E-state index in [1.807, 2.05) is 6.92 Å². The summed E-state index contributed by atoms with van der Waals surface area (Å²) >= 11 is 1.13. The molecular formula is C12H17N3O4S. The molecule has 4 N–H and O–H groups in total. The number of carboxylic acids is 1. The van der Waals surface area contributed by atoms with Crippen molar-refractivity contribution in [3.8, 4) is 0 Å². The van der Waals surface area contributed by atoms with Gasteiger partial charge in [0.05, 0.1) is 5.56 Å². The summed E-state index contributed by atoms with van der Waals surface area (Å²) in [4.78, 5) is 33.7. The van der Waals surface area contributed by atoms with Crippen LogP contribution < -0.4 is 16.0 Å². The maximum absolute atomic E-state index is 11.5. The van der Waals surface area contributed by atoms with Gasteiger partial charge in [0.2, 0.25) is 5.91 Å². The smallest absolute Gasteiger partial charge is 0.338 e. The van der Waals surface area contributed by atoms with Crippen LogP contribution in [0.5, 0.6) is 0 Å². The molecule has 0 bridgehead atoms. The number of carbonyl (C=O) groups is 3. The molecule has 0 saturated heterocycles. The average molecular weight is 299 g/mol. The van der Waals surface area contributed by atoms with Crippen LogP contribution in [0.2, 0.25) is 0 Å². The second-order valence-corrected chi connectivity index (χ2v) is 4.87. The molecular weight excluding hydrogens is 282 g/mol. The van der Waals surface area contributed by atoms with Crippen molar-refractivity contribution >= 4 is 34.2 Å². The van der Waals surface area contributed by atoms with Crippen LogP contribution in [0.25, 0.3) is 0 Å². The number of aromatic carboxylic acids is 1. The molecule has 0 aliphatic heterocycles. The highest BCUT2D eigenvalue weighted by Gasteiger charge is 2.13. The Bertz CT molecular complexity index is 487. The zero-order chi connectivity index (χ0) is 15.0. The fourth-order valence-electron chi connectivity index (χ4n) is 1.36. The minimum Gasteiger partial charge on any atom is -0.478 e. The van der Waals surface area contributed by atoms with Crippen LogP contribution in [0.4, 0.5) is 9.80 Å². The molecule has 0 unspecified atom stereocenters. The lowest BCUT2D eigenvalue weighted by Gasteiger charge is -2.07. The van der Waals surface area contributed by atoms with Crippen LogP contribution >= 0.6 is 11.3 Å². The Morgan fingerprint density at radius 1 is 1.25 bits per heavy atom. The molecule has 8 heteroatoms. The van der Waals surface area contributed by atoms with E-state index in [2.05, 4.69) is 16.0 Å². The quantitative estimate of drug-likeness (QED) is 0.611. The van der Waals surface area contributed by atoms with Crippen LogP contribution in [0.1, 0.15) is 30.1 Å². The van der Waals surface area contributed by atoms with Crippen molar-refractivity contribution in [2.24, 2.45) is 0 Å². The van der Waals surface area contributed by atoms with Gasteiger partial charge in [-0.1, -0.05) is 6.92 Å². The van der Waals surface area contributed by atoms with E-state index in [0.717, 1.165) is 17.8 Å². The van der Waals surface area contributed by atoms with Gasteiger partial charge in [0.25, 0.3) is 0 Å². The number of carbonyl (C=O) groups excluding carboxylic acids is 2. The minimum atomic E-state index is -1.10. The van der Waals surface area contributed by atoms with Gasteiger partial charge < -0.3 is 15.7 Å². The number of anilines is 1. The summed E-state index contributed by atoms with van der Waals surface area (Å²) in [5.41, 5.74) is 0.0471. The molecule has 1 aromatic rings. The lowest BCUT2D eigenvalue weighted by molar-refractivity contribution is -0.120. The molecule has 0 aliphatic carbocycles. The molecule has 110 valence electrons. The summed E-state index contributed by atoms with van der Waals surface area (Å²) in [6.07, 6.45) is 1.04. The molecule has 3 amide bonds. The molecule has 0 spiro atoms. The first-order valence-corrected chi connectivity index (χ1v) is 7.05. The van der Waals surface area contributed by atoms with E-state index >= 15 is 0 Å². The highest BCUT2D eigenvalue weighted by molar-refractivity contribution is 7.14. The third kappa shape index (κ3) is 5.27. The Labute approximate surface area is 120 Å². The second kappa shape index (κ2) is 8.16. The van der Waals surface area contributed by atoms with Gasteiger partial charge in [0, 0.05) is 19.5 Å². The van der Waals surface area contributed by atoms with Crippen LogP contribution in [0.15, 0.2) is 11.4 Å². The predicted octanol–water partition coefficient (Wildman–Crippen LogP) is 1.48. The van der Waals surface area contributed by atoms with Crippen LogP contribution in [-0.4, -0.2) is 36.1 Å². The van der Waals surface area contributed by atoms with Crippen LogP contribution in [0, 0.1) is 0 Å². The Balaban J connectivity index is 2.32. The standard InChI is InChI=1S/C12H17N3O4S/c1-2-5-13-9(16)3-6-14-12(19)15-10-8(11(17)18)4-7-20-10/h4,7H,2-3,5-6H2,1H3,(H,13,16)(H,17,18)(H2,14,15,19). The van der Waals surface area contributed by atoms with Crippen LogP contribution in [-0.2, 0) is 4.79 Å². The van der Waals surface area contributed by atoms with Gasteiger partial charge in [0.15, 0.2) is 0 Å². The van der Waals surface area contributed by atoms with Crippen molar-refractivity contribution in [3.05, 3.63) is 17.0 Å². The summed E-state index contributed by atoms with van der Waals surface area (Å²) in [5.74, 6) is -1.23. The molecule has 0 radical (unpaired) electrons. The first kappa shape index (κ1) is 16.0. The predicted molar refractivity (Wildman–Crippen MR) is 76.2 cm³/mol. The third-order valence-corrected chi connectivity index (χ3v) is 3.16. The summed E-state index contributed by atoms with van der Waals surface area (Å²) in [6, 6.07) is 0.888. The van der Waals surface area contributed by atoms with E-state index < -0.39 is 12.0 Å². The van der Waals surface area contributed by atoms with E-state index in [9.17, 15) is 14.4 Å². The first-order valence-electron chi connectivity index (χ1n) is 6.17. The molecule has 0 atom stereocenters. The number of carboxylic acid groups (broad SMARTS) is 1. The number of hydrogen-bond donors (Lipinski definition) is 4. The van der Waals surface area contributed by atoms with Gasteiger partial charge in [-0.25, -0.2) is 9.59 Å². The minimum absolute atomic E-state index is 0.0471. The van der Waals surface area contributed by atoms with Gasteiger partial charge in [-0.15, -0.1) is 11.3 Å². The van der Waals surface area contributed by atoms with Crippen molar-refractivity contribution < 1.29 is 19.5 Å². The molecule has 7 nitrogen and oxygen atoms in total. The Morgan fingerprint density at radius 2 is 2.00 bits per heavy atom. The monoisotopic (exact) mass is 299 g/mol. The maximum Gasteiger partial charge on any atom is 0.338 e. The molecule has 20 heavy (non-hydrogen) atoms. The Morgan fingerprint density at radius 3 is 2.65 bits per heavy atom. The first-order chi connectivity index (χ1) is 9.54. The highest BCUT2D eigenvalue weighted by Crippen LogP contribution is 2.22. The topological polar surface area (TPSA) is 108 Å².